The molecule has 1 aliphatic rings. The number of hydrogen-bond donors (Lipinski definition) is 2. The molecule has 11 heteroatoms. The number of carboxylic acid groups (broad SMARTS) is 1. The molecule has 4 aromatic rings. The Hall–Kier alpha value is -4.47. The van der Waals surface area contributed by atoms with Crippen molar-refractivity contribution in [2.45, 2.75) is 18.9 Å². The zero-order valence-electron chi connectivity index (χ0n) is 21.0. The van der Waals surface area contributed by atoms with Crippen LogP contribution in [0.1, 0.15) is 27.9 Å². The molecule has 9 nitrogen and oxygen atoms in total. The maximum atomic E-state index is 13.5. The summed E-state index contributed by atoms with van der Waals surface area (Å²) in [5.74, 6) is -1.75. The van der Waals surface area contributed by atoms with E-state index in [1.807, 2.05) is 30.3 Å². The van der Waals surface area contributed by atoms with Crippen LogP contribution in [0.4, 0.5) is 5.69 Å². The number of amides is 2. The van der Waals surface area contributed by atoms with Crippen LogP contribution in [0.5, 0.6) is 0 Å². The summed E-state index contributed by atoms with van der Waals surface area (Å²) in [7, 11) is 0. The quantitative estimate of drug-likeness (QED) is 0.300. The van der Waals surface area contributed by atoms with Crippen molar-refractivity contribution in [1.82, 2.24) is 19.9 Å². The molecular weight excluding hydrogens is 553 g/mol. The minimum atomic E-state index is -1.06. The maximum absolute atomic E-state index is 13.5. The lowest BCUT2D eigenvalue weighted by atomic mass is 9.95. The normalized spacial score (nSPS) is 14.0. The molecule has 1 aromatic heterocycles. The molecule has 0 aliphatic carbocycles. The fourth-order valence-electron chi connectivity index (χ4n) is 4.61. The lowest BCUT2D eigenvalue weighted by Crippen LogP contribution is -2.49. The predicted octanol–water partition coefficient (Wildman–Crippen LogP) is 5.14. The fourth-order valence-corrected chi connectivity index (χ4v) is 4.91. The lowest BCUT2D eigenvalue weighted by Gasteiger charge is -2.33. The second-order valence-corrected chi connectivity index (χ2v) is 10.00. The van der Waals surface area contributed by atoms with Gasteiger partial charge in [-0.05, 0) is 60.0 Å². The smallest absolute Gasteiger partial charge is 0.335 e. The molecule has 2 heterocycles. The van der Waals surface area contributed by atoms with Crippen LogP contribution in [-0.4, -0.2) is 55.4 Å². The summed E-state index contributed by atoms with van der Waals surface area (Å²) in [6.07, 6.45) is 3.85. The van der Waals surface area contributed by atoms with E-state index in [0.29, 0.717) is 34.8 Å². The Bertz CT molecular complexity index is 1600. The van der Waals surface area contributed by atoms with Crippen molar-refractivity contribution in [3.8, 4) is 5.69 Å². The number of aromatic nitrogens is 3. The number of carboxylic acids is 1. The number of anilines is 1. The molecule has 0 bridgehead atoms. The van der Waals surface area contributed by atoms with Crippen molar-refractivity contribution in [3.05, 3.63) is 112 Å². The van der Waals surface area contributed by atoms with Crippen LogP contribution in [0.15, 0.2) is 85.1 Å². The summed E-state index contributed by atoms with van der Waals surface area (Å²) in [6, 6.07) is 19.8. The predicted molar refractivity (Wildman–Crippen MR) is 152 cm³/mol. The minimum Gasteiger partial charge on any atom is -0.478 e. The number of carbonyl (C=O) groups excluding carboxylic acids is 2. The Morgan fingerprint density at radius 3 is 2.42 bits per heavy atom. The highest BCUT2D eigenvalue weighted by Gasteiger charge is 2.32. The van der Waals surface area contributed by atoms with E-state index in [9.17, 15) is 14.4 Å². The van der Waals surface area contributed by atoms with Crippen molar-refractivity contribution in [2.75, 3.05) is 11.9 Å². The third-order valence-corrected chi connectivity index (χ3v) is 6.98. The van der Waals surface area contributed by atoms with Crippen molar-refractivity contribution in [1.29, 1.82) is 0 Å². The van der Waals surface area contributed by atoms with Crippen LogP contribution in [0.2, 0.25) is 10.2 Å². The first-order chi connectivity index (χ1) is 19.3. The van der Waals surface area contributed by atoms with Crippen molar-refractivity contribution >= 4 is 52.2 Å². The van der Waals surface area contributed by atoms with Crippen LogP contribution in [0.25, 0.3) is 11.3 Å². The summed E-state index contributed by atoms with van der Waals surface area (Å²) in [6.45, 7) is 0.289. The Morgan fingerprint density at radius 2 is 1.77 bits per heavy atom. The van der Waals surface area contributed by atoms with E-state index in [1.54, 1.807) is 29.3 Å². The van der Waals surface area contributed by atoms with Crippen LogP contribution in [0, 0.1) is 0 Å². The van der Waals surface area contributed by atoms with Crippen LogP contribution in [-0.2, 0) is 16.0 Å². The molecule has 5 rings (SSSR count). The molecule has 0 saturated carbocycles. The van der Waals surface area contributed by atoms with Crippen LogP contribution in [0.3, 0.4) is 0 Å². The molecule has 1 atom stereocenters. The minimum absolute atomic E-state index is 0.108. The highest BCUT2D eigenvalue weighted by molar-refractivity contribution is 6.31. The number of nitrogens with one attached hydrogen (secondary N) is 1. The molecular formula is C29H23Cl2N5O4. The van der Waals surface area contributed by atoms with Gasteiger partial charge in [0.05, 0.1) is 17.4 Å². The highest BCUT2D eigenvalue weighted by Crippen LogP contribution is 2.31. The summed E-state index contributed by atoms with van der Waals surface area (Å²) in [4.78, 5) is 39.8. The Labute approximate surface area is 239 Å². The summed E-state index contributed by atoms with van der Waals surface area (Å²) >= 11 is 12.3. The van der Waals surface area contributed by atoms with Crippen LogP contribution >= 0.6 is 23.2 Å². The topological polar surface area (TPSA) is 117 Å². The van der Waals surface area contributed by atoms with Gasteiger partial charge in [0, 0.05) is 35.3 Å². The van der Waals surface area contributed by atoms with E-state index in [4.69, 9.17) is 28.3 Å². The summed E-state index contributed by atoms with van der Waals surface area (Å²) in [5.41, 5.74) is 3.56. The molecule has 0 unspecified atom stereocenters. The van der Waals surface area contributed by atoms with Gasteiger partial charge in [0.2, 0.25) is 11.8 Å². The second-order valence-electron chi connectivity index (χ2n) is 9.18. The number of halogens is 2. The molecule has 202 valence electrons. The molecule has 0 spiro atoms. The van der Waals surface area contributed by atoms with Crippen molar-refractivity contribution < 1.29 is 19.5 Å². The van der Waals surface area contributed by atoms with Gasteiger partial charge in [-0.25, -0.2) is 9.48 Å². The number of benzene rings is 3. The zero-order chi connectivity index (χ0) is 28.2. The number of rotatable bonds is 8. The molecule has 2 amide bonds. The van der Waals surface area contributed by atoms with Crippen molar-refractivity contribution in [3.63, 3.8) is 0 Å². The van der Waals surface area contributed by atoms with Gasteiger partial charge in [0.1, 0.15) is 6.04 Å². The molecule has 40 heavy (non-hydrogen) atoms. The molecule has 1 aliphatic heterocycles. The number of hydrogen-bond acceptors (Lipinski definition) is 5. The molecule has 2 N–H and O–H groups in total. The largest absolute Gasteiger partial charge is 0.478 e. The third kappa shape index (κ3) is 6.06. The molecule has 0 fully saturated rings. The second kappa shape index (κ2) is 11.7. The molecule has 0 saturated heterocycles. The van der Waals surface area contributed by atoms with Gasteiger partial charge >= 0.3 is 5.97 Å². The Morgan fingerprint density at radius 1 is 1.02 bits per heavy atom. The van der Waals surface area contributed by atoms with Gasteiger partial charge < -0.3 is 15.3 Å². The Kier molecular flexibility index (Phi) is 7.95. The van der Waals surface area contributed by atoms with Gasteiger partial charge in [0.15, 0.2) is 5.15 Å². The number of nitrogens with zero attached hydrogens (tertiary/aromatic N) is 4. The fraction of sp³-hybridized carbons (Fsp3) is 0.138. The van der Waals surface area contributed by atoms with Gasteiger partial charge in [-0.1, -0.05) is 58.7 Å². The number of aromatic carboxylic acids is 1. The van der Waals surface area contributed by atoms with Gasteiger partial charge in [-0.3, -0.25) is 9.59 Å². The summed E-state index contributed by atoms with van der Waals surface area (Å²) in [5, 5.41) is 20.6. The Balaban J connectivity index is 1.43. The molecule has 0 radical (unpaired) electrons. The first kappa shape index (κ1) is 27.1. The van der Waals surface area contributed by atoms with E-state index in [0.717, 1.165) is 11.1 Å². The highest BCUT2D eigenvalue weighted by atomic mass is 35.5. The van der Waals surface area contributed by atoms with Crippen molar-refractivity contribution in [2.24, 2.45) is 0 Å². The number of carbonyl (C=O) groups is 3. The van der Waals surface area contributed by atoms with Gasteiger partial charge in [-0.15, -0.1) is 5.10 Å². The van der Waals surface area contributed by atoms with Gasteiger partial charge in [-0.2, -0.15) is 0 Å². The summed E-state index contributed by atoms with van der Waals surface area (Å²) < 4.78 is 1.52. The van der Waals surface area contributed by atoms with E-state index in [-0.39, 0.29) is 29.1 Å². The SMILES string of the molecule is O=C(O)c1ccc(NC(=O)[C@H](Cc2ccccc2)N2CCC(c3cc(Cl)ccc3-n3cc(Cl)nn3)=CC2=O)cc1. The zero-order valence-corrected chi connectivity index (χ0v) is 22.5. The average molecular weight is 576 g/mol. The van der Waals surface area contributed by atoms with Crippen LogP contribution < -0.4 is 5.32 Å². The standard InChI is InChI=1S/C29H23Cl2N5O4/c30-21-8-11-24(36-17-26(31)33-34-36)23(16-21)20-12-13-35(27(37)15-20)25(14-18-4-2-1-3-5-18)28(38)32-22-9-6-19(7-10-22)29(39)40/h1-11,15-17,25H,12-14H2,(H,32,38)(H,39,40)/t25-/m0/s1. The van der Waals surface area contributed by atoms with Gasteiger partial charge in [0.25, 0.3) is 0 Å². The first-order valence-corrected chi connectivity index (χ1v) is 13.1. The third-order valence-electron chi connectivity index (χ3n) is 6.57. The van der Waals surface area contributed by atoms with E-state index < -0.39 is 12.0 Å². The maximum Gasteiger partial charge on any atom is 0.335 e. The van der Waals surface area contributed by atoms with E-state index >= 15 is 0 Å². The molecule has 3 aromatic carbocycles. The average Bonchev–Trinajstić information content (AvgIpc) is 3.38. The lowest BCUT2D eigenvalue weighted by molar-refractivity contribution is -0.135. The van der Waals surface area contributed by atoms with E-state index in [1.165, 1.54) is 35.0 Å². The monoisotopic (exact) mass is 575 g/mol. The van der Waals surface area contributed by atoms with E-state index in [2.05, 4.69) is 15.6 Å². The first-order valence-electron chi connectivity index (χ1n) is 12.4.